The summed E-state index contributed by atoms with van der Waals surface area (Å²) in [6.07, 6.45) is 3.43. The number of aliphatic hydroxyl groups excluding tert-OH is 1. The molecule has 0 saturated carbocycles. The van der Waals surface area contributed by atoms with Crippen LogP contribution in [0.25, 0.3) is 11.1 Å². The molecule has 0 unspecified atom stereocenters. The quantitative estimate of drug-likeness (QED) is 0.618. The summed E-state index contributed by atoms with van der Waals surface area (Å²) in [5, 5.41) is 28.5. The van der Waals surface area contributed by atoms with Gasteiger partial charge in [0.1, 0.15) is 47.3 Å². The van der Waals surface area contributed by atoms with E-state index in [1.165, 1.54) is 0 Å². The molecule has 30 heavy (non-hydrogen) atoms. The Morgan fingerprint density at radius 1 is 1.13 bits per heavy atom. The van der Waals surface area contributed by atoms with Crippen molar-refractivity contribution in [1.29, 1.82) is 10.5 Å². The highest BCUT2D eigenvalue weighted by atomic mass is 16.5. The molecule has 8 nitrogen and oxygen atoms in total. The van der Waals surface area contributed by atoms with E-state index in [0.717, 1.165) is 5.56 Å². The van der Waals surface area contributed by atoms with Gasteiger partial charge in [0.05, 0.1) is 6.61 Å². The van der Waals surface area contributed by atoms with Gasteiger partial charge in [-0.05, 0) is 29.3 Å². The molecule has 2 aromatic heterocycles. The molecule has 0 aliphatic heterocycles. The fourth-order valence-electron chi connectivity index (χ4n) is 3.10. The third-order valence-electron chi connectivity index (χ3n) is 4.44. The Kier molecular flexibility index (Phi) is 6.43. The van der Waals surface area contributed by atoms with Gasteiger partial charge >= 0.3 is 0 Å². The van der Waals surface area contributed by atoms with Crippen LogP contribution in [-0.2, 0) is 6.54 Å². The van der Waals surface area contributed by atoms with E-state index in [0.29, 0.717) is 29.2 Å². The van der Waals surface area contributed by atoms with Crippen molar-refractivity contribution in [3.05, 3.63) is 65.5 Å². The molecule has 3 rings (SSSR count). The topological polar surface area (TPSA) is 132 Å². The number of ether oxygens (including phenoxy) is 1. The predicted octanol–water partition coefficient (Wildman–Crippen LogP) is 2.48. The smallest absolute Gasteiger partial charge is 0.149 e. The Bertz CT molecular complexity index is 1100. The minimum Gasteiger partial charge on any atom is -0.491 e. The number of aliphatic hydroxyl groups is 1. The Labute approximate surface area is 174 Å². The van der Waals surface area contributed by atoms with Crippen molar-refractivity contribution in [1.82, 2.24) is 9.97 Å². The molecule has 0 radical (unpaired) electrons. The van der Waals surface area contributed by atoms with Crippen LogP contribution in [0.5, 0.6) is 5.75 Å². The maximum atomic E-state index is 9.93. The van der Waals surface area contributed by atoms with Crippen molar-refractivity contribution in [2.45, 2.75) is 6.54 Å². The van der Waals surface area contributed by atoms with Crippen molar-refractivity contribution < 1.29 is 9.84 Å². The molecule has 0 saturated heterocycles. The molecule has 1 aromatic carbocycles. The summed E-state index contributed by atoms with van der Waals surface area (Å²) in [6.45, 7) is 0.554. The molecule has 8 heteroatoms. The largest absolute Gasteiger partial charge is 0.491 e. The maximum absolute atomic E-state index is 9.93. The third-order valence-corrected chi connectivity index (χ3v) is 4.44. The summed E-state index contributed by atoms with van der Waals surface area (Å²) in [4.78, 5) is 10.2. The normalized spacial score (nSPS) is 10.1. The number of hydrogen-bond donors (Lipinski definition) is 2. The van der Waals surface area contributed by atoms with E-state index in [1.54, 1.807) is 48.6 Å². The molecule has 3 aromatic rings. The lowest BCUT2D eigenvalue weighted by Crippen LogP contribution is -2.20. The lowest BCUT2D eigenvalue weighted by molar-refractivity contribution is 0.201. The zero-order valence-corrected chi connectivity index (χ0v) is 16.4. The zero-order chi connectivity index (χ0) is 21.5. The summed E-state index contributed by atoms with van der Waals surface area (Å²) in [5.74, 6) is 1.01. The van der Waals surface area contributed by atoms with Gasteiger partial charge in [-0.25, -0.2) is 4.98 Å². The second-order valence-electron chi connectivity index (χ2n) is 6.48. The number of nitriles is 2. The van der Waals surface area contributed by atoms with Gasteiger partial charge in [-0.2, -0.15) is 10.5 Å². The third kappa shape index (κ3) is 4.30. The van der Waals surface area contributed by atoms with Crippen molar-refractivity contribution in [2.75, 3.05) is 30.9 Å². The number of nitrogen functional groups attached to an aromatic ring is 1. The molecular formula is C22H20N6O2. The minimum absolute atomic E-state index is 0.0557. The number of hydrogen-bond acceptors (Lipinski definition) is 8. The highest BCUT2D eigenvalue weighted by Crippen LogP contribution is 2.36. The van der Waals surface area contributed by atoms with E-state index in [4.69, 9.17) is 15.6 Å². The van der Waals surface area contributed by atoms with E-state index in [9.17, 15) is 10.5 Å². The summed E-state index contributed by atoms with van der Waals surface area (Å²) in [5.41, 5.74) is 8.51. The Balaban J connectivity index is 2.08. The number of nitrogens with zero attached hydrogens (tertiary/aromatic N) is 5. The molecule has 0 aliphatic carbocycles. The first-order valence-electron chi connectivity index (χ1n) is 9.16. The predicted molar refractivity (Wildman–Crippen MR) is 112 cm³/mol. The second-order valence-corrected chi connectivity index (χ2v) is 6.48. The Morgan fingerprint density at radius 2 is 1.87 bits per heavy atom. The molecule has 0 bridgehead atoms. The SMILES string of the molecule is CN(Cc1cccnc1)c1nc(N)c(C#N)c(-c2ccc(OCCO)cc2)c1C#N. The lowest BCUT2D eigenvalue weighted by Gasteiger charge is -2.22. The first-order valence-corrected chi connectivity index (χ1v) is 9.16. The summed E-state index contributed by atoms with van der Waals surface area (Å²) < 4.78 is 5.38. The standard InChI is InChI=1S/C22H20N6O2/c1-28(14-15-3-2-8-26-13-15)22-19(12-24)20(18(11-23)21(25)27-22)16-4-6-17(7-5-16)30-10-9-29/h2-8,13,29H,9-10,14H2,1H3,(H2,25,27). The minimum atomic E-state index is -0.0908. The number of nitrogens with two attached hydrogens (primary N) is 1. The summed E-state index contributed by atoms with van der Waals surface area (Å²) >= 11 is 0. The molecule has 0 aliphatic rings. The average molecular weight is 400 g/mol. The van der Waals surface area contributed by atoms with Crippen LogP contribution in [0.3, 0.4) is 0 Å². The van der Waals surface area contributed by atoms with Crippen molar-refractivity contribution in [2.24, 2.45) is 0 Å². The highest BCUT2D eigenvalue weighted by molar-refractivity contribution is 5.85. The Morgan fingerprint density at radius 3 is 2.47 bits per heavy atom. The van der Waals surface area contributed by atoms with Gasteiger partial charge < -0.3 is 20.5 Å². The van der Waals surface area contributed by atoms with Crippen LogP contribution in [0.4, 0.5) is 11.6 Å². The van der Waals surface area contributed by atoms with Crippen LogP contribution in [-0.4, -0.2) is 35.3 Å². The van der Waals surface area contributed by atoms with Crippen LogP contribution < -0.4 is 15.4 Å². The van der Waals surface area contributed by atoms with Crippen LogP contribution >= 0.6 is 0 Å². The molecule has 2 heterocycles. The van der Waals surface area contributed by atoms with Gasteiger partial charge in [-0.3, -0.25) is 4.98 Å². The number of rotatable bonds is 7. The second kappa shape index (κ2) is 9.37. The van der Waals surface area contributed by atoms with E-state index < -0.39 is 0 Å². The van der Waals surface area contributed by atoms with Crippen LogP contribution in [0, 0.1) is 22.7 Å². The van der Waals surface area contributed by atoms with Gasteiger partial charge in [0.2, 0.25) is 0 Å². The number of pyridine rings is 2. The molecule has 3 N–H and O–H groups in total. The van der Waals surface area contributed by atoms with Gasteiger partial charge in [-0.1, -0.05) is 18.2 Å². The van der Waals surface area contributed by atoms with Crippen molar-refractivity contribution in [3.8, 4) is 29.0 Å². The number of aromatic nitrogens is 2. The first-order chi connectivity index (χ1) is 14.6. The molecule has 150 valence electrons. The monoisotopic (exact) mass is 400 g/mol. The Hall–Kier alpha value is -4.14. The average Bonchev–Trinajstić information content (AvgIpc) is 2.78. The van der Waals surface area contributed by atoms with Gasteiger partial charge in [0.25, 0.3) is 0 Å². The summed E-state index contributed by atoms with van der Waals surface area (Å²) in [7, 11) is 1.80. The van der Waals surface area contributed by atoms with Gasteiger partial charge in [0.15, 0.2) is 0 Å². The molecular weight excluding hydrogens is 380 g/mol. The van der Waals surface area contributed by atoms with E-state index in [2.05, 4.69) is 22.1 Å². The van der Waals surface area contributed by atoms with E-state index in [1.807, 2.05) is 12.1 Å². The zero-order valence-electron chi connectivity index (χ0n) is 16.4. The van der Waals surface area contributed by atoms with E-state index in [-0.39, 0.29) is 30.2 Å². The highest BCUT2D eigenvalue weighted by Gasteiger charge is 2.22. The molecule has 0 fully saturated rings. The fraction of sp³-hybridized carbons (Fsp3) is 0.182. The summed E-state index contributed by atoms with van der Waals surface area (Å²) in [6, 6.07) is 14.9. The van der Waals surface area contributed by atoms with Gasteiger partial charge in [-0.15, -0.1) is 0 Å². The maximum Gasteiger partial charge on any atom is 0.149 e. The van der Waals surface area contributed by atoms with Crippen molar-refractivity contribution in [3.63, 3.8) is 0 Å². The number of anilines is 2. The fourth-order valence-corrected chi connectivity index (χ4v) is 3.10. The lowest BCUT2D eigenvalue weighted by atomic mass is 9.95. The first kappa shape index (κ1) is 20.6. The molecule has 0 atom stereocenters. The molecule has 0 amide bonds. The van der Waals surface area contributed by atoms with Crippen LogP contribution in [0.2, 0.25) is 0 Å². The van der Waals surface area contributed by atoms with Crippen molar-refractivity contribution >= 4 is 11.6 Å². The van der Waals surface area contributed by atoms with Gasteiger partial charge in [0, 0.05) is 31.5 Å². The number of benzene rings is 1. The van der Waals surface area contributed by atoms with E-state index >= 15 is 0 Å². The molecule has 0 spiro atoms. The van der Waals surface area contributed by atoms with Crippen LogP contribution in [0.1, 0.15) is 16.7 Å². The van der Waals surface area contributed by atoms with Crippen LogP contribution in [0.15, 0.2) is 48.8 Å².